The molecule has 0 aliphatic rings. The number of hydrogen-bond donors (Lipinski definition) is 2. The topological polar surface area (TPSA) is 35.5 Å². The molecule has 0 spiro atoms. The maximum Gasteiger partial charge on any atom is 0.115 e. The van der Waals surface area contributed by atoms with Crippen LogP contribution in [-0.2, 0) is 13.1 Å². The summed E-state index contributed by atoms with van der Waals surface area (Å²) in [6.45, 7) is 8.27. The lowest BCUT2D eigenvalue weighted by atomic mass is 10.1. The van der Waals surface area contributed by atoms with Crippen LogP contribution in [0.4, 0.5) is 5.69 Å². The number of nitrogens with one attached hydrogen (secondary N) is 1. The molecule has 21 heavy (non-hydrogen) atoms. The summed E-state index contributed by atoms with van der Waals surface area (Å²) in [5.41, 5.74) is 3.61. The number of rotatable bonds is 7. The second-order valence-corrected chi connectivity index (χ2v) is 5.18. The third-order valence-electron chi connectivity index (χ3n) is 3.66. The molecular formula is C18H24N2O. The Morgan fingerprint density at radius 1 is 0.952 bits per heavy atom. The quantitative estimate of drug-likeness (QED) is 0.810. The molecule has 3 nitrogen and oxygen atoms in total. The van der Waals surface area contributed by atoms with E-state index < -0.39 is 0 Å². The molecule has 2 rings (SSSR count). The number of hydrogen-bond acceptors (Lipinski definition) is 3. The van der Waals surface area contributed by atoms with E-state index in [0.29, 0.717) is 5.75 Å². The highest BCUT2D eigenvalue weighted by atomic mass is 16.3. The van der Waals surface area contributed by atoms with Crippen molar-refractivity contribution in [2.24, 2.45) is 0 Å². The third kappa shape index (κ3) is 4.80. The van der Waals surface area contributed by atoms with E-state index in [0.717, 1.165) is 37.4 Å². The minimum absolute atomic E-state index is 0.306. The third-order valence-corrected chi connectivity index (χ3v) is 3.66. The van der Waals surface area contributed by atoms with E-state index in [-0.39, 0.29) is 0 Å². The fourth-order valence-corrected chi connectivity index (χ4v) is 2.30. The molecule has 2 aromatic carbocycles. The van der Waals surface area contributed by atoms with Crippen LogP contribution in [0.5, 0.6) is 5.75 Å². The predicted molar refractivity (Wildman–Crippen MR) is 88.5 cm³/mol. The van der Waals surface area contributed by atoms with Gasteiger partial charge >= 0.3 is 0 Å². The Hall–Kier alpha value is -2.00. The number of nitrogens with zero attached hydrogens (tertiary/aromatic N) is 1. The lowest BCUT2D eigenvalue weighted by Crippen LogP contribution is -2.22. The summed E-state index contributed by atoms with van der Waals surface area (Å²) in [5, 5.41) is 12.7. The Labute approximate surface area is 127 Å². The highest BCUT2D eigenvalue weighted by molar-refractivity contribution is 5.46. The number of phenolic OH excluding ortho intramolecular Hbond substituents is 1. The van der Waals surface area contributed by atoms with E-state index in [1.165, 1.54) is 5.56 Å². The summed E-state index contributed by atoms with van der Waals surface area (Å²) >= 11 is 0. The minimum Gasteiger partial charge on any atom is -0.508 e. The molecule has 0 amide bonds. The maximum absolute atomic E-state index is 9.28. The van der Waals surface area contributed by atoms with Gasteiger partial charge in [0.2, 0.25) is 0 Å². The standard InChI is InChI=1S/C18H24N2O/c1-3-20(4-2)14-16-6-5-7-17(12-16)19-13-15-8-10-18(21)11-9-15/h5-12,19,21H,3-4,13-14H2,1-2H3. The summed E-state index contributed by atoms with van der Waals surface area (Å²) in [7, 11) is 0. The Morgan fingerprint density at radius 2 is 1.67 bits per heavy atom. The lowest BCUT2D eigenvalue weighted by Gasteiger charge is -2.18. The molecule has 0 saturated carbocycles. The van der Waals surface area contributed by atoms with Crippen LogP contribution in [0, 0.1) is 0 Å². The van der Waals surface area contributed by atoms with Crippen molar-refractivity contribution in [3.8, 4) is 5.75 Å². The molecule has 0 aromatic heterocycles. The molecular weight excluding hydrogens is 260 g/mol. The van der Waals surface area contributed by atoms with E-state index in [9.17, 15) is 5.11 Å². The molecule has 0 aliphatic carbocycles. The maximum atomic E-state index is 9.28. The van der Waals surface area contributed by atoms with E-state index in [1.807, 2.05) is 12.1 Å². The van der Waals surface area contributed by atoms with Crippen molar-refractivity contribution < 1.29 is 5.11 Å². The normalized spacial score (nSPS) is 10.8. The van der Waals surface area contributed by atoms with Gasteiger partial charge in [-0.3, -0.25) is 4.90 Å². The summed E-state index contributed by atoms with van der Waals surface area (Å²) in [6.07, 6.45) is 0. The van der Waals surface area contributed by atoms with Gasteiger partial charge in [-0.1, -0.05) is 38.1 Å². The van der Waals surface area contributed by atoms with Crippen molar-refractivity contribution in [2.45, 2.75) is 26.9 Å². The van der Waals surface area contributed by atoms with Crippen molar-refractivity contribution in [1.29, 1.82) is 0 Å². The largest absolute Gasteiger partial charge is 0.508 e. The SMILES string of the molecule is CCN(CC)Cc1cccc(NCc2ccc(O)cc2)c1. The fourth-order valence-electron chi connectivity index (χ4n) is 2.30. The van der Waals surface area contributed by atoms with E-state index >= 15 is 0 Å². The van der Waals surface area contributed by atoms with Gasteiger partial charge in [-0.15, -0.1) is 0 Å². The van der Waals surface area contributed by atoms with Crippen LogP contribution in [0.1, 0.15) is 25.0 Å². The van der Waals surface area contributed by atoms with E-state index in [4.69, 9.17) is 0 Å². The second-order valence-electron chi connectivity index (χ2n) is 5.18. The van der Waals surface area contributed by atoms with Crippen molar-refractivity contribution >= 4 is 5.69 Å². The molecule has 0 bridgehead atoms. The summed E-state index contributed by atoms with van der Waals surface area (Å²) in [6, 6.07) is 15.9. The van der Waals surface area contributed by atoms with Crippen LogP contribution in [0.25, 0.3) is 0 Å². The van der Waals surface area contributed by atoms with Crippen molar-refractivity contribution in [3.63, 3.8) is 0 Å². The molecule has 2 aromatic rings. The summed E-state index contributed by atoms with van der Waals surface area (Å²) < 4.78 is 0. The van der Waals surface area contributed by atoms with Crippen LogP contribution in [0.15, 0.2) is 48.5 Å². The highest BCUT2D eigenvalue weighted by Crippen LogP contribution is 2.15. The van der Waals surface area contributed by atoms with Crippen molar-refractivity contribution in [1.82, 2.24) is 4.90 Å². The fraction of sp³-hybridized carbons (Fsp3) is 0.333. The predicted octanol–water partition coefficient (Wildman–Crippen LogP) is 3.85. The van der Waals surface area contributed by atoms with Crippen molar-refractivity contribution in [2.75, 3.05) is 18.4 Å². The van der Waals surface area contributed by atoms with E-state index in [2.05, 4.69) is 48.3 Å². The Morgan fingerprint density at radius 3 is 2.33 bits per heavy atom. The van der Waals surface area contributed by atoms with Gasteiger partial charge in [0.25, 0.3) is 0 Å². The van der Waals surface area contributed by atoms with Gasteiger partial charge in [-0.05, 0) is 48.5 Å². The monoisotopic (exact) mass is 284 g/mol. The molecule has 2 N–H and O–H groups in total. The number of phenols is 1. The Balaban J connectivity index is 1.95. The number of aromatic hydroxyl groups is 1. The average Bonchev–Trinajstić information content (AvgIpc) is 2.52. The zero-order valence-electron chi connectivity index (χ0n) is 12.8. The zero-order valence-corrected chi connectivity index (χ0v) is 12.8. The van der Waals surface area contributed by atoms with Crippen LogP contribution >= 0.6 is 0 Å². The van der Waals surface area contributed by atoms with Gasteiger partial charge in [0.15, 0.2) is 0 Å². The Bertz CT molecular complexity index is 547. The molecule has 0 heterocycles. The number of anilines is 1. The molecule has 0 atom stereocenters. The first-order valence-electron chi connectivity index (χ1n) is 7.54. The van der Waals surface area contributed by atoms with Gasteiger partial charge in [0.1, 0.15) is 5.75 Å². The molecule has 0 saturated heterocycles. The number of benzene rings is 2. The summed E-state index contributed by atoms with van der Waals surface area (Å²) in [5.74, 6) is 0.306. The molecule has 3 heteroatoms. The summed E-state index contributed by atoms with van der Waals surface area (Å²) in [4.78, 5) is 2.40. The van der Waals surface area contributed by atoms with Gasteiger partial charge in [-0.2, -0.15) is 0 Å². The zero-order chi connectivity index (χ0) is 15.1. The van der Waals surface area contributed by atoms with Gasteiger partial charge in [0, 0.05) is 18.8 Å². The van der Waals surface area contributed by atoms with Gasteiger partial charge < -0.3 is 10.4 Å². The second kappa shape index (κ2) is 7.70. The van der Waals surface area contributed by atoms with Crippen LogP contribution in [0.3, 0.4) is 0 Å². The smallest absolute Gasteiger partial charge is 0.115 e. The first-order chi connectivity index (χ1) is 10.2. The molecule has 0 fully saturated rings. The first kappa shape index (κ1) is 15.4. The molecule has 0 radical (unpaired) electrons. The molecule has 112 valence electrons. The van der Waals surface area contributed by atoms with E-state index in [1.54, 1.807) is 12.1 Å². The van der Waals surface area contributed by atoms with Crippen LogP contribution in [0.2, 0.25) is 0 Å². The molecule has 0 unspecified atom stereocenters. The van der Waals surface area contributed by atoms with Crippen molar-refractivity contribution in [3.05, 3.63) is 59.7 Å². The Kier molecular flexibility index (Phi) is 5.64. The van der Waals surface area contributed by atoms with Crippen LogP contribution < -0.4 is 5.32 Å². The lowest BCUT2D eigenvalue weighted by molar-refractivity contribution is 0.296. The van der Waals surface area contributed by atoms with Gasteiger partial charge in [0.05, 0.1) is 0 Å². The van der Waals surface area contributed by atoms with Crippen LogP contribution in [-0.4, -0.2) is 23.1 Å². The average molecular weight is 284 g/mol. The first-order valence-corrected chi connectivity index (χ1v) is 7.54. The highest BCUT2D eigenvalue weighted by Gasteiger charge is 2.02. The minimum atomic E-state index is 0.306. The molecule has 0 aliphatic heterocycles. The van der Waals surface area contributed by atoms with Gasteiger partial charge in [-0.25, -0.2) is 0 Å².